The molecule has 1 amide bonds. The molecule has 0 heterocycles. The molecule has 0 unspecified atom stereocenters. The monoisotopic (exact) mass is 336 g/mol. The van der Waals surface area contributed by atoms with Gasteiger partial charge < -0.3 is 10.6 Å². The van der Waals surface area contributed by atoms with Crippen LogP contribution in [-0.2, 0) is 6.54 Å². The zero-order valence-electron chi connectivity index (χ0n) is 10.9. The molecule has 2 N–H and O–H groups in total. The maximum atomic E-state index is 13.9. The Morgan fingerprint density at radius 1 is 1.25 bits per heavy atom. The molecule has 0 bridgehead atoms. The van der Waals surface area contributed by atoms with Crippen molar-refractivity contribution in [2.45, 2.75) is 6.54 Å². The van der Waals surface area contributed by atoms with Gasteiger partial charge in [0.2, 0.25) is 0 Å². The van der Waals surface area contributed by atoms with Crippen molar-refractivity contribution in [1.82, 2.24) is 4.90 Å². The molecular weight excluding hydrogens is 323 g/mol. The first-order chi connectivity index (χ1) is 9.50. The highest BCUT2D eigenvalue weighted by atomic mass is 79.9. The molecule has 0 saturated heterocycles. The van der Waals surface area contributed by atoms with E-state index in [1.165, 1.54) is 11.0 Å². The van der Waals surface area contributed by atoms with E-state index >= 15 is 0 Å². The van der Waals surface area contributed by atoms with Crippen molar-refractivity contribution < 1.29 is 9.18 Å². The third-order valence-electron chi connectivity index (χ3n) is 2.99. The van der Waals surface area contributed by atoms with Gasteiger partial charge in [0.25, 0.3) is 5.91 Å². The third-order valence-corrected chi connectivity index (χ3v) is 3.60. The number of nitrogen functional groups attached to an aromatic ring is 1. The van der Waals surface area contributed by atoms with Gasteiger partial charge in [-0.2, -0.15) is 0 Å². The quantitative estimate of drug-likeness (QED) is 0.872. The minimum atomic E-state index is -0.551. The summed E-state index contributed by atoms with van der Waals surface area (Å²) in [6, 6.07) is 11.9. The number of hydrogen-bond donors (Lipinski definition) is 1. The fraction of sp³-hybridized carbons (Fsp3) is 0.133. The average Bonchev–Trinajstić information content (AvgIpc) is 2.43. The van der Waals surface area contributed by atoms with Gasteiger partial charge in [-0.1, -0.05) is 24.3 Å². The number of anilines is 1. The Labute approximate surface area is 125 Å². The second-order valence-corrected chi connectivity index (χ2v) is 5.32. The van der Waals surface area contributed by atoms with Gasteiger partial charge in [-0.05, 0) is 39.7 Å². The smallest absolute Gasteiger partial charge is 0.256 e. The molecule has 104 valence electrons. The second kappa shape index (κ2) is 6.05. The van der Waals surface area contributed by atoms with Gasteiger partial charge in [0.1, 0.15) is 5.82 Å². The Balaban J connectivity index is 2.21. The lowest BCUT2D eigenvalue weighted by molar-refractivity contribution is 0.0780. The molecule has 0 atom stereocenters. The predicted octanol–water partition coefficient (Wildman–Crippen LogP) is 3.44. The fourth-order valence-electron chi connectivity index (χ4n) is 1.88. The van der Waals surface area contributed by atoms with E-state index < -0.39 is 5.82 Å². The molecule has 0 radical (unpaired) electrons. The van der Waals surface area contributed by atoms with Crippen LogP contribution in [0, 0.1) is 5.82 Å². The van der Waals surface area contributed by atoms with Crippen molar-refractivity contribution in [1.29, 1.82) is 0 Å². The molecule has 0 aliphatic rings. The molecule has 0 aromatic heterocycles. The van der Waals surface area contributed by atoms with Crippen LogP contribution in [0.4, 0.5) is 10.1 Å². The zero-order valence-corrected chi connectivity index (χ0v) is 12.5. The molecule has 20 heavy (non-hydrogen) atoms. The first-order valence-electron chi connectivity index (χ1n) is 6.03. The van der Waals surface area contributed by atoms with E-state index in [4.69, 9.17) is 5.73 Å². The molecule has 0 spiro atoms. The highest BCUT2D eigenvalue weighted by molar-refractivity contribution is 9.10. The Morgan fingerprint density at radius 3 is 2.65 bits per heavy atom. The zero-order chi connectivity index (χ0) is 14.7. The first-order valence-corrected chi connectivity index (χ1v) is 6.83. The minimum absolute atomic E-state index is 0.0383. The summed E-state index contributed by atoms with van der Waals surface area (Å²) < 4.78 is 14.2. The van der Waals surface area contributed by atoms with Gasteiger partial charge in [0.15, 0.2) is 0 Å². The van der Waals surface area contributed by atoms with Crippen LogP contribution >= 0.6 is 15.9 Å². The molecule has 2 rings (SSSR count). The van der Waals surface area contributed by atoms with Crippen molar-refractivity contribution >= 4 is 27.5 Å². The summed E-state index contributed by atoms with van der Waals surface area (Å²) in [5.74, 6) is -0.933. The Bertz CT molecular complexity index is 646. The molecule has 0 aliphatic heterocycles. The summed E-state index contributed by atoms with van der Waals surface area (Å²) in [5, 5.41) is 0. The van der Waals surface area contributed by atoms with E-state index in [9.17, 15) is 9.18 Å². The number of para-hydroxylation sites is 1. The Hall–Kier alpha value is -1.88. The van der Waals surface area contributed by atoms with E-state index in [1.54, 1.807) is 25.2 Å². The van der Waals surface area contributed by atoms with Crippen LogP contribution in [-0.4, -0.2) is 17.9 Å². The summed E-state index contributed by atoms with van der Waals surface area (Å²) in [6.07, 6.45) is 0. The van der Waals surface area contributed by atoms with Crippen LogP contribution in [0.15, 0.2) is 46.9 Å². The molecule has 0 saturated carbocycles. The summed E-state index contributed by atoms with van der Waals surface area (Å²) in [7, 11) is 1.62. The topological polar surface area (TPSA) is 46.3 Å². The number of carbonyl (C=O) groups is 1. The van der Waals surface area contributed by atoms with E-state index in [0.29, 0.717) is 12.2 Å². The third kappa shape index (κ3) is 2.99. The van der Waals surface area contributed by atoms with Gasteiger partial charge in [0, 0.05) is 19.3 Å². The molecule has 5 heteroatoms. The minimum Gasteiger partial charge on any atom is -0.398 e. The molecule has 2 aromatic rings. The van der Waals surface area contributed by atoms with E-state index in [0.717, 1.165) is 5.56 Å². The Morgan fingerprint density at radius 2 is 1.95 bits per heavy atom. The molecule has 0 aliphatic carbocycles. The molecule has 2 aromatic carbocycles. The highest BCUT2D eigenvalue weighted by Gasteiger charge is 2.18. The largest absolute Gasteiger partial charge is 0.398 e. The van der Waals surface area contributed by atoms with Crippen molar-refractivity contribution in [3.8, 4) is 0 Å². The lowest BCUT2D eigenvalue weighted by atomic mass is 10.1. The maximum absolute atomic E-state index is 13.9. The van der Waals surface area contributed by atoms with E-state index in [-0.39, 0.29) is 15.9 Å². The van der Waals surface area contributed by atoms with Crippen LogP contribution < -0.4 is 5.73 Å². The van der Waals surface area contributed by atoms with Crippen LogP contribution in [0.1, 0.15) is 15.9 Å². The normalized spacial score (nSPS) is 10.3. The molecule has 3 nitrogen and oxygen atoms in total. The number of carbonyl (C=O) groups excluding carboxylic acids is 1. The van der Waals surface area contributed by atoms with Gasteiger partial charge in [-0.15, -0.1) is 0 Å². The number of halogens is 2. The van der Waals surface area contributed by atoms with Crippen LogP contribution in [0.25, 0.3) is 0 Å². The second-order valence-electron chi connectivity index (χ2n) is 4.46. The van der Waals surface area contributed by atoms with E-state index in [1.807, 2.05) is 18.2 Å². The van der Waals surface area contributed by atoms with Gasteiger partial charge >= 0.3 is 0 Å². The fourth-order valence-corrected chi connectivity index (χ4v) is 2.25. The SMILES string of the molecule is CN(Cc1ccccc1N)C(=O)c1cccc(Br)c1F. The molecular formula is C15H14BrFN2O. The number of nitrogens with zero attached hydrogens (tertiary/aromatic N) is 1. The summed E-state index contributed by atoms with van der Waals surface area (Å²) in [5.41, 5.74) is 7.33. The number of hydrogen-bond acceptors (Lipinski definition) is 2. The predicted molar refractivity (Wildman–Crippen MR) is 80.8 cm³/mol. The van der Waals surface area contributed by atoms with Gasteiger partial charge in [0.05, 0.1) is 10.0 Å². The van der Waals surface area contributed by atoms with Gasteiger partial charge in [-0.25, -0.2) is 4.39 Å². The van der Waals surface area contributed by atoms with E-state index in [2.05, 4.69) is 15.9 Å². The number of rotatable bonds is 3. The average molecular weight is 337 g/mol. The highest BCUT2D eigenvalue weighted by Crippen LogP contribution is 2.21. The Kier molecular flexibility index (Phi) is 4.39. The summed E-state index contributed by atoms with van der Waals surface area (Å²) >= 11 is 3.08. The van der Waals surface area contributed by atoms with Crippen molar-refractivity contribution in [2.75, 3.05) is 12.8 Å². The number of benzene rings is 2. The van der Waals surface area contributed by atoms with Crippen LogP contribution in [0.3, 0.4) is 0 Å². The molecule has 0 fully saturated rings. The number of nitrogens with two attached hydrogens (primary N) is 1. The van der Waals surface area contributed by atoms with Crippen molar-refractivity contribution in [3.05, 3.63) is 63.9 Å². The lowest BCUT2D eigenvalue weighted by Crippen LogP contribution is -2.27. The number of amides is 1. The first kappa shape index (κ1) is 14.5. The van der Waals surface area contributed by atoms with Crippen molar-refractivity contribution in [2.24, 2.45) is 0 Å². The van der Waals surface area contributed by atoms with Crippen LogP contribution in [0.2, 0.25) is 0 Å². The lowest BCUT2D eigenvalue weighted by Gasteiger charge is -2.19. The van der Waals surface area contributed by atoms with Gasteiger partial charge in [-0.3, -0.25) is 4.79 Å². The standard InChI is InChI=1S/C15H14BrFN2O/c1-19(9-10-5-2-3-8-13(10)18)15(20)11-6-4-7-12(16)14(11)17/h2-8H,9,18H2,1H3. The summed E-state index contributed by atoms with van der Waals surface area (Å²) in [6.45, 7) is 0.331. The maximum Gasteiger partial charge on any atom is 0.256 e. The van der Waals surface area contributed by atoms with Crippen LogP contribution in [0.5, 0.6) is 0 Å². The van der Waals surface area contributed by atoms with Crippen molar-refractivity contribution in [3.63, 3.8) is 0 Å². The summed E-state index contributed by atoms with van der Waals surface area (Å²) in [4.78, 5) is 13.7.